The summed E-state index contributed by atoms with van der Waals surface area (Å²) in [6, 6.07) is 5.59. The molecule has 0 spiro atoms. The van der Waals surface area contributed by atoms with Crippen molar-refractivity contribution in [2.45, 2.75) is 12.8 Å². The first kappa shape index (κ1) is 15.6. The van der Waals surface area contributed by atoms with Crippen molar-refractivity contribution in [3.05, 3.63) is 24.3 Å². The molecule has 1 aromatic rings. The molecule has 0 fully saturated rings. The molecule has 0 aliphatic carbocycles. The molecule has 1 aromatic carbocycles. The van der Waals surface area contributed by atoms with Crippen LogP contribution >= 0.6 is 11.6 Å². The summed E-state index contributed by atoms with van der Waals surface area (Å²) in [5.74, 6) is 0.445. The number of halogens is 1. The van der Waals surface area contributed by atoms with Crippen LogP contribution in [0.3, 0.4) is 0 Å². The molecule has 0 aliphatic rings. The molecule has 4 N–H and O–H groups in total. The second kappa shape index (κ2) is 7.20. The van der Waals surface area contributed by atoms with Gasteiger partial charge in [-0.2, -0.15) is 0 Å². The Labute approximate surface area is 117 Å². The normalized spacial score (nSPS) is 11.0. The van der Waals surface area contributed by atoms with Gasteiger partial charge in [0.2, 0.25) is 10.0 Å². The van der Waals surface area contributed by atoms with E-state index in [1.807, 2.05) is 0 Å². The van der Waals surface area contributed by atoms with Crippen LogP contribution in [0.25, 0.3) is 0 Å². The average molecular weight is 306 g/mol. The van der Waals surface area contributed by atoms with Crippen molar-refractivity contribution in [2.75, 3.05) is 21.7 Å². The molecular weight excluding hydrogens is 290 g/mol. The lowest BCUT2D eigenvalue weighted by atomic mass is 10.3. The van der Waals surface area contributed by atoms with Gasteiger partial charge in [0.1, 0.15) is 0 Å². The number of primary amides is 1. The highest BCUT2D eigenvalue weighted by molar-refractivity contribution is 7.92. The molecule has 0 heterocycles. The van der Waals surface area contributed by atoms with Gasteiger partial charge in [0.15, 0.2) is 0 Å². The molecule has 0 saturated heterocycles. The highest BCUT2D eigenvalue weighted by atomic mass is 35.5. The van der Waals surface area contributed by atoms with E-state index in [1.165, 1.54) is 6.07 Å². The Morgan fingerprint density at radius 2 is 1.95 bits per heavy atom. The first-order valence-electron chi connectivity index (χ1n) is 5.66. The summed E-state index contributed by atoms with van der Waals surface area (Å²) < 4.78 is 25.9. The van der Waals surface area contributed by atoms with E-state index in [0.717, 1.165) is 0 Å². The molecule has 19 heavy (non-hydrogen) atoms. The standard InChI is InChI=1S/C11H16ClN3O3S/c12-6-1-2-7-19(17,18)15-10-5-3-4-9(8-10)14-11(13)16/h3-5,8,15H,1-2,6-7H2,(H3,13,14,16). The monoisotopic (exact) mass is 305 g/mol. The van der Waals surface area contributed by atoms with Crippen molar-refractivity contribution in [3.63, 3.8) is 0 Å². The Bertz CT molecular complexity index is 534. The van der Waals surface area contributed by atoms with Crippen LogP contribution in [0.5, 0.6) is 0 Å². The van der Waals surface area contributed by atoms with Crippen LogP contribution in [0.4, 0.5) is 16.2 Å². The Kier molecular flexibility index (Phi) is 5.91. The van der Waals surface area contributed by atoms with Crippen molar-refractivity contribution in [2.24, 2.45) is 5.73 Å². The van der Waals surface area contributed by atoms with E-state index >= 15 is 0 Å². The lowest BCUT2D eigenvalue weighted by molar-refractivity contribution is 0.259. The smallest absolute Gasteiger partial charge is 0.316 e. The second-order valence-electron chi connectivity index (χ2n) is 3.89. The highest BCUT2D eigenvalue weighted by Crippen LogP contribution is 2.16. The zero-order valence-corrected chi connectivity index (χ0v) is 11.8. The van der Waals surface area contributed by atoms with Crippen molar-refractivity contribution >= 4 is 39.0 Å². The molecule has 0 atom stereocenters. The first-order valence-corrected chi connectivity index (χ1v) is 7.84. The number of carbonyl (C=O) groups is 1. The maximum Gasteiger partial charge on any atom is 0.316 e. The molecular formula is C11H16ClN3O3S. The summed E-state index contributed by atoms with van der Waals surface area (Å²) in [5, 5.41) is 2.37. The summed E-state index contributed by atoms with van der Waals surface area (Å²) >= 11 is 5.49. The summed E-state index contributed by atoms with van der Waals surface area (Å²) in [7, 11) is -3.40. The predicted molar refractivity (Wildman–Crippen MR) is 77.0 cm³/mol. The van der Waals surface area contributed by atoms with E-state index in [2.05, 4.69) is 10.0 Å². The van der Waals surface area contributed by atoms with Gasteiger partial charge in [-0.25, -0.2) is 13.2 Å². The van der Waals surface area contributed by atoms with Crippen LogP contribution in [0.15, 0.2) is 24.3 Å². The van der Waals surface area contributed by atoms with E-state index in [9.17, 15) is 13.2 Å². The number of unbranched alkanes of at least 4 members (excludes halogenated alkanes) is 1. The van der Waals surface area contributed by atoms with Crippen molar-refractivity contribution < 1.29 is 13.2 Å². The summed E-state index contributed by atoms with van der Waals surface area (Å²) in [6.45, 7) is 0. The molecule has 0 aliphatic heterocycles. The number of hydrogen-bond donors (Lipinski definition) is 3. The Morgan fingerprint density at radius 1 is 1.26 bits per heavy atom. The molecule has 8 heteroatoms. The number of nitrogens with one attached hydrogen (secondary N) is 2. The number of benzene rings is 1. The minimum atomic E-state index is -3.40. The van der Waals surface area contributed by atoms with Crippen LogP contribution in [0.2, 0.25) is 0 Å². The van der Waals surface area contributed by atoms with Crippen molar-refractivity contribution in [1.82, 2.24) is 0 Å². The Hall–Kier alpha value is -1.47. The number of sulfonamides is 1. The third-order valence-electron chi connectivity index (χ3n) is 2.20. The van der Waals surface area contributed by atoms with Crippen LogP contribution < -0.4 is 15.8 Å². The SMILES string of the molecule is NC(=O)Nc1cccc(NS(=O)(=O)CCCCCl)c1. The van der Waals surface area contributed by atoms with Gasteiger partial charge in [-0.15, -0.1) is 11.6 Å². The fraction of sp³-hybridized carbons (Fsp3) is 0.364. The fourth-order valence-corrected chi connectivity index (χ4v) is 2.78. The number of anilines is 2. The van der Waals surface area contributed by atoms with Gasteiger partial charge < -0.3 is 11.1 Å². The minimum Gasteiger partial charge on any atom is -0.351 e. The summed E-state index contributed by atoms with van der Waals surface area (Å²) in [4.78, 5) is 10.7. The number of alkyl halides is 1. The molecule has 0 saturated carbocycles. The predicted octanol–water partition coefficient (Wildman–Crippen LogP) is 1.94. The fourth-order valence-electron chi connectivity index (χ4n) is 1.42. The first-order chi connectivity index (χ1) is 8.93. The molecule has 0 aromatic heterocycles. The number of hydrogen-bond acceptors (Lipinski definition) is 3. The number of carbonyl (C=O) groups excluding carboxylic acids is 1. The number of nitrogens with two attached hydrogens (primary N) is 1. The quantitative estimate of drug-likeness (QED) is 0.530. The molecule has 0 unspecified atom stereocenters. The van der Waals surface area contributed by atoms with Crippen LogP contribution in [0, 0.1) is 0 Å². The maximum atomic E-state index is 11.7. The molecule has 6 nitrogen and oxygen atoms in total. The number of amides is 2. The summed E-state index contributed by atoms with van der Waals surface area (Å²) in [5.41, 5.74) is 5.78. The number of urea groups is 1. The number of rotatable bonds is 7. The maximum absolute atomic E-state index is 11.7. The van der Waals surface area contributed by atoms with E-state index < -0.39 is 16.1 Å². The van der Waals surface area contributed by atoms with Crippen LogP contribution in [-0.2, 0) is 10.0 Å². The van der Waals surface area contributed by atoms with Crippen LogP contribution in [0.1, 0.15) is 12.8 Å². The van der Waals surface area contributed by atoms with Crippen molar-refractivity contribution in [1.29, 1.82) is 0 Å². The van der Waals surface area contributed by atoms with Gasteiger partial charge in [-0.05, 0) is 31.0 Å². The van der Waals surface area contributed by atoms with Crippen molar-refractivity contribution in [3.8, 4) is 0 Å². The third kappa shape index (κ3) is 6.30. The third-order valence-corrected chi connectivity index (χ3v) is 3.84. The van der Waals surface area contributed by atoms with Gasteiger partial charge in [0.05, 0.1) is 11.4 Å². The lowest BCUT2D eigenvalue weighted by Crippen LogP contribution is -2.20. The molecule has 0 radical (unpaired) electrons. The van der Waals surface area contributed by atoms with Gasteiger partial charge >= 0.3 is 6.03 Å². The Morgan fingerprint density at radius 3 is 2.58 bits per heavy atom. The topological polar surface area (TPSA) is 101 Å². The van der Waals surface area contributed by atoms with E-state index in [1.54, 1.807) is 18.2 Å². The molecule has 0 bridgehead atoms. The second-order valence-corrected chi connectivity index (χ2v) is 6.11. The van der Waals surface area contributed by atoms with Gasteiger partial charge in [0, 0.05) is 11.6 Å². The minimum absolute atomic E-state index is 0.00714. The molecule has 1 rings (SSSR count). The van der Waals surface area contributed by atoms with Gasteiger partial charge in [-0.1, -0.05) is 6.07 Å². The molecule has 2 amide bonds. The van der Waals surface area contributed by atoms with E-state index in [4.69, 9.17) is 17.3 Å². The average Bonchev–Trinajstić information content (AvgIpc) is 2.27. The van der Waals surface area contributed by atoms with Gasteiger partial charge in [0.25, 0.3) is 0 Å². The van der Waals surface area contributed by atoms with Crippen LogP contribution in [-0.4, -0.2) is 26.1 Å². The zero-order chi connectivity index (χ0) is 14.3. The highest BCUT2D eigenvalue weighted by Gasteiger charge is 2.10. The summed E-state index contributed by atoms with van der Waals surface area (Å²) in [6.07, 6.45) is 1.14. The van der Waals surface area contributed by atoms with E-state index in [0.29, 0.717) is 30.1 Å². The molecule has 106 valence electrons. The Balaban J connectivity index is 2.68. The zero-order valence-electron chi connectivity index (χ0n) is 10.2. The lowest BCUT2D eigenvalue weighted by Gasteiger charge is -2.09. The largest absolute Gasteiger partial charge is 0.351 e. The van der Waals surface area contributed by atoms with E-state index in [-0.39, 0.29) is 5.75 Å². The van der Waals surface area contributed by atoms with Gasteiger partial charge in [-0.3, -0.25) is 4.72 Å².